The Kier molecular flexibility index (Phi) is 6.21. The van der Waals surface area contributed by atoms with Crippen LogP contribution in [0.25, 0.3) is 10.8 Å². The van der Waals surface area contributed by atoms with Crippen LogP contribution in [0.15, 0.2) is 78.9 Å². The molecular formula is C26H15F6NO3. The van der Waals surface area contributed by atoms with E-state index in [9.17, 15) is 41.0 Å². The van der Waals surface area contributed by atoms with Crippen LogP contribution in [0.1, 0.15) is 37.4 Å². The average molecular weight is 503 g/mol. The summed E-state index contributed by atoms with van der Waals surface area (Å²) in [4.78, 5) is 25.9. The number of hydrogen-bond donors (Lipinski definition) is 2. The highest BCUT2D eigenvalue weighted by Crippen LogP contribution is 2.38. The number of carbonyl (C=O) groups excluding carboxylic acids is 2. The standard InChI is InChI=1S/C26H15F6NO3/c27-25(28,29)16-11-17(26(30,31)32)13-18(12-16)33-24(36)21-10-15(8-9-22(21)34)23(35)20-7-3-5-14-4-1-2-6-19(14)20/h1-13,34H,(H,33,36). The minimum Gasteiger partial charge on any atom is -0.507 e. The molecule has 0 heterocycles. The monoisotopic (exact) mass is 503 g/mol. The number of rotatable bonds is 4. The van der Waals surface area contributed by atoms with Crippen LogP contribution in [0, 0.1) is 0 Å². The highest BCUT2D eigenvalue weighted by atomic mass is 19.4. The summed E-state index contributed by atoms with van der Waals surface area (Å²) >= 11 is 0. The number of carbonyl (C=O) groups is 2. The van der Waals surface area contributed by atoms with Crippen molar-refractivity contribution in [3.8, 4) is 5.75 Å². The number of nitrogens with one attached hydrogen (secondary N) is 1. The number of hydrogen-bond acceptors (Lipinski definition) is 3. The van der Waals surface area contributed by atoms with Crippen LogP contribution in [-0.4, -0.2) is 16.8 Å². The van der Waals surface area contributed by atoms with Gasteiger partial charge < -0.3 is 10.4 Å². The van der Waals surface area contributed by atoms with Crippen molar-refractivity contribution >= 4 is 28.2 Å². The summed E-state index contributed by atoms with van der Waals surface area (Å²) in [6.45, 7) is 0. The molecule has 0 radical (unpaired) electrons. The SMILES string of the molecule is O=C(Nc1cc(C(F)(F)F)cc(C(F)(F)F)c1)c1cc(C(=O)c2cccc3ccccc23)ccc1O. The molecule has 10 heteroatoms. The molecule has 0 fully saturated rings. The number of fused-ring (bicyclic) bond motifs is 1. The van der Waals surface area contributed by atoms with Gasteiger partial charge in [-0.05, 0) is 47.2 Å². The Labute approximate surface area is 199 Å². The lowest BCUT2D eigenvalue weighted by Gasteiger charge is -2.15. The van der Waals surface area contributed by atoms with Crippen molar-refractivity contribution < 1.29 is 41.0 Å². The molecule has 2 N–H and O–H groups in total. The highest BCUT2D eigenvalue weighted by molar-refractivity contribution is 6.17. The second-order valence-corrected chi connectivity index (χ2v) is 7.84. The van der Waals surface area contributed by atoms with E-state index < -0.39 is 52.2 Å². The zero-order valence-corrected chi connectivity index (χ0v) is 18.0. The first kappa shape index (κ1) is 24.8. The van der Waals surface area contributed by atoms with Crippen molar-refractivity contribution in [2.75, 3.05) is 5.32 Å². The van der Waals surface area contributed by atoms with E-state index in [4.69, 9.17) is 0 Å². The third-order valence-corrected chi connectivity index (χ3v) is 5.38. The molecule has 184 valence electrons. The largest absolute Gasteiger partial charge is 0.507 e. The first-order valence-electron chi connectivity index (χ1n) is 10.3. The van der Waals surface area contributed by atoms with Gasteiger partial charge in [-0.15, -0.1) is 0 Å². The lowest BCUT2D eigenvalue weighted by Crippen LogP contribution is -2.16. The molecule has 4 nitrogen and oxygen atoms in total. The van der Waals surface area contributed by atoms with Crippen LogP contribution in [0.2, 0.25) is 0 Å². The molecule has 0 unspecified atom stereocenters. The van der Waals surface area contributed by atoms with Gasteiger partial charge in [0, 0.05) is 16.8 Å². The van der Waals surface area contributed by atoms with E-state index in [-0.39, 0.29) is 11.6 Å². The van der Waals surface area contributed by atoms with Crippen molar-refractivity contribution in [3.05, 3.63) is 107 Å². The van der Waals surface area contributed by atoms with Crippen LogP contribution in [0.4, 0.5) is 32.0 Å². The van der Waals surface area contributed by atoms with Crippen molar-refractivity contribution in [3.63, 3.8) is 0 Å². The predicted molar refractivity (Wildman–Crippen MR) is 120 cm³/mol. The van der Waals surface area contributed by atoms with E-state index in [1.807, 2.05) is 5.32 Å². The van der Waals surface area contributed by atoms with Gasteiger partial charge in [-0.1, -0.05) is 42.5 Å². The second-order valence-electron chi connectivity index (χ2n) is 7.84. The minimum atomic E-state index is -5.10. The Morgan fingerprint density at radius 3 is 1.94 bits per heavy atom. The molecular weight excluding hydrogens is 488 g/mol. The summed E-state index contributed by atoms with van der Waals surface area (Å²) in [5.74, 6) is -2.32. The Hall–Kier alpha value is -4.34. The van der Waals surface area contributed by atoms with E-state index in [1.165, 1.54) is 6.07 Å². The van der Waals surface area contributed by atoms with Crippen molar-refractivity contribution in [1.29, 1.82) is 0 Å². The maximum atomic E-state index is 13.2. The van der Waals surface area contributed by atoms with E-state index in [1.54, 1.807) is 42.5 Å². The average Bonchev–Trinajstić information content (AvgIpc) is 2.82. The molecule has 1 amide bonds. The smallest absolute Gasteiger partial charge is 0.416 e. The third-order valence-electron chi connectivity index (χ3n) is 5.38. The number of ketones is 1. The Morgan fingerprint density at radius 1 is 0.694 bits per heavy atom. The third kappa shape index (κ3) is 5.02. The van der Waals surface area contributed by atoms with Gasteiger partial charge in [0.2, 0.25) is 0 Å². The molecule has 4 aromatic rings. The molecule has 0 aliphatic heterocycles. The van der Waals surface area contributed by atoms with E-state index in [2.05, 4.69) is 0 Å². The van der Waals surface area contributed by atoms with Crippen molar-refractivity contribution in [2.45, 2.75) is 12.4 Å². The summed E-state index contributed by atoms with van der Waals surface area (Å²) in [5, 5.41) is 13.5. The maximum absolute atomic E-state index is 13.2. The van der Waals surface area contributed by atoms with E-state index >= 15 is 0 Å². The van der Waals surface area contributed by atoms with Crippen LogP contribution in [-0.2, 0) is 12.4 Å². The molecule has 4 rings (SSSR count). The summed E-state index contributed by atoms with van der Waals surface area (Å²) < 4.78 is 78.7. The van der Waals surface area contributed by atoms with Gasteiger partial charge in [-0.25, -0.2) is 0 Å². The lowest BCUT2D eigenvalue weighted by atomic mass is 9.96. The summed E-state index contributed by atoms with van der Waals surface area (Å²) in [7, 11) is 0. The molecule has 0 aliphatic carbocycles. The molecule has 0 atom stereocenters. The van der Waals surface area contributed by atoms with Gasteiger partial charge in [0.15, 0.2) is 5.78 Å². The molecule has 0 aromatic heterocycles. The fraction of sp³-hybridized carbons (Fsp3) is 0.0769. The maximum Gasteiger partial charge on any atom is 0.416 e. The number of phenolic OH excluding ortho intramolecular Hbond substituents is 1. The molecule has 4 aromatic carbocycles. The predicted octanol–water partition coefficient (Wildman–Crippen LogP) is 7.07. The Bertz CT molecular complexity index is 1450. The number of phenols is 1. The molecule has 0 aliphatic rings. The zero-order valence-electron chi connectivity index (χ0n) is 18.0. The van der Waals surface area contributed by atoms with Crippen LogP contribution in [0.5, 0.6) is 5.75 Å². The van der Waals surface area contributed by atoms with Gasteiger partial charge in [0.05, 0.1) is 16.7 Å². The zero-order chi connectivity index (χ0) is 26.3. The van der Waals surface area contributed by atoms with E-state index in [0.29, 0.717) is 23.1 Å². The second kappa shape index (κ2) is 9.03. The lowest BCUT2D eigenvalue weighted by molar-refractivity contribution is -0.143. The first-order valence-corrected chi connectivity index (χ1v) is 10.3. The molecule has 0 saturated heterocycles. The van der Waals surface area contributed by atoms with Gasteiger partial charge in [0.1, 0.15) is 5.75 Å². The number of benzene rings is 4. The first-order chi connectivity index (χ1) is 16.8. The number of aromatic hydroxyl groups is 1. The number of alkyl halides is 6. The fourth-order valence-corrected chi connectivity index (χ4v) is 3.66. The van der Waals surface area contributed by atoms with Gasteiger partial charge >= 0.3 is 12.4 Å². The number of anilines is 1. The normalized spacial score (nSPS) is 11.9. The molecule has 36 heavy (non-hydrogen) atoms. The minimum absolute atomic E-state index is 0.0191. The Balaban J connectivity index is 1.70. The van der Waals surface area contributed by atoms with Crippen molar-refractivity contribution in [1.82, 2.24) is 0 Å². The van der Waals surface area contributed by atoms with Gasteiger partial charge in [-0.2, -0.15) is 26.3 Å². The van der Waals surface area contributed by atoms with Gasteiger partial charge in [0.25, 0.3) is 5.91 Å². The summed E-state index contributed by atoms with van der Waals surface area (Å²) in [6, 6.07) is 16.0. The van der Waals surface area contributed by atoms with E-state index in [0.717, 1.165) is 17.5 Å². The van der Waals surface area contributed by atoms with Crippen LogP contribution < -0.4 is 5.32 Å². The summed E-state index contributed by atoms with van der Waals surface area (Å²) in [5.41, 5.74) is -4.24. The topological polar surface area (TPSA) is 66.4 Å². The van der Waals surface area contributed by atoms with Crippen LogP contribution >= 0.6 is 0 Å². The highest BCUT2D eigenvalue weighted by Gasteiger charge is 2.37. The van der Waals surface area contributed by atoms with Crippen LogP contribution in [0.3, 0.4) is 0 Å². The molecule has 0 saturated carbocycles. The number of halogens is 6. The Morgan fingerprint density at radius 2 is 1.31 bits per heavy atom. The molecule has 0 spiro atoms. The van der Waals surface area contributed by atoms with Crippen molar-refractivity contribution in [2.24, 2.45) is 0 Å². The number of amides is 1. The quantitative estimate of drug-likeness (QED) is 0.231. The molecule has 0 bridgehead atoms. The summed E-state index contributed by atoms with van der Waals surface area (Å²) in [6.07, 6.45) is -10.2. The fourth-order valence-electron chi connectivity index (χ4n) is 3.66. The van der Waals surface area contributed by atoms with Gasteiger partial charge in [-0.3, -0.25) is 9.59 Å².